The third-order valence-corrected chi connectivity index (χ3v) is 3.62. The Balaban J connectivity index is 0.000000845. The number of alkyl halides is 1. The van der Waals surface area contributed by atoms with E-state index < -0.39 is 0 Å². The van der Waals surface area contributed by atoms with Crippen molar-refractivity contribution in [3.05, 3.63) is 0 Å². The molecule has 0 aromatic heterocycles. The minimum Gasteiger partial charge on any atom is -0.317 e. The van der Waals surface area contributed by atoms with Crippen molar-refractivity contribution in [2.24, 2.45) is 11.3 Å². The van der Waals surface area contributed by atoms with Crippen molar-refractivity contribution in [1.29, 1.82) is 0 Å². The molecule has 1 nitrogen and oxygen atoms in total. The third-order valence-electron chi connectivity index (χ3n) is 3.62. The van der Waals surface area contributed by atoms with Crippen molar-refractivity contribution in [1.82, 2.24) is 5.32 Å². The standard InChI is InChI=1S/C10H18FN.ClH/c11-4-1-9-7-10(8-9)2-5-12-6-3-10;/h9,12H,1-8H2;1H. The molecule has 1 heterocycles. The van der Waals surface area contributed by atoms with Crippen LogP contribution in [-0.4, -0.2) is 19.8 Å². The number of hydrogen-bond acceptors (Lipinski definition) is 1. The first-order chi connectivity index (χ1) is 5.85. The first-order valence-corrected chi connectivity index (χ1v) is 5.11. The summed E-state index contributed by atoms with van der Waals surface area (Å²) >= 11 is 0. The van der Waals surface area contributed by atoms with Gasteiger partial charge in [0.2, 0.25) is 0 Å². The van der Waals surface area contributed by atoms with E-state index in [2.05, 4.69) is 5.32 Å². The second kappa shape index (κ2) is 4.61. The molecule has 0 amide bonds. The molecule has 0 bridgehead atoms. The summed E-state index contributed by atoms with van der Waals surface area (Å²) in [7, 11) is 0. The molecule has 1 aliphatic heterocycles. The number of halogens is 2. The zero-order chi connectivity index (χ0) is 8.44. The predicted molar refractivity (Wildman–Crippen MR) is 55.1 cm³/mol. The van der Waals surface area contributed by atoms with Gasteiger partial charge in [-0.1, -0.05) is 0 Å². The lowest BCUT2D eigenvalue weighted by atomic mass is 9.57. The van der Waals surface area contributed by atoms with Gasteiger partial charge in [0.1, 0.15) is 0 Å². The van der Waals surface area contributed by atoms with Crippen LogP contribution < -0.4 is 5.32 Å². The maximum Gasteiger partial charge on any atom is 0.0897 e. The van der Waals surface area contributed by atoms with Gasteiger partial charge in [0, 0.05) is 0 Å². The Morgan fingerprint density at radius 3 is 2.38 bits per heavy atom. The summed E-state index contributed by atoms with van der Waals surface area (Å²) in [6, 6.07) is 0. The van der Waals surface area contributed by atoms with Gasteiger partial charge >= 0.3 is 0 Å². The fourth-order valence-corrected chi connectivity index (χ4v) is 2.89. The highest BCUT2D eigenvalue weighted by molar-refractivity contribution is 5.85. The molecule has 1 spiro atoms. The molecule has 1 saturated carbocycles. The molecule has 0 aromatic carbocycles. The van der Waals surface area contributed by atoms with E-state index in [0.29, 0.717) is 11.3 Å². The van der Waals surface area contributed by atoms with Crippen molar-refractivity contribution < 1.29 is 4.39 Å². The van der Waals surface area contributed by atoms with Crippen LogP contribution in [0.25, 0.3) is 0 Å². The van der Waals surface area contributed by atoms with Crippen molar-refractivity contribution in [2.45, 2.75) is 32.1 Å². The average molecular weight is 208 g/mol. The van der Waals surface area contributed by atoms with Crippen LogP contribution in [0.2, 0.25) is 0 Å². The average Bonchev–Trinajstić information content (AvgIpc) is 2.04. The van der Waals surface area contributed by atoms with E-state index in [9.17, 15) is 4.39 Å². The number of hydrogen-bond donors (Lipinski definition) is 1. The molecular weight excluding hydrogens is 189 g/mol. The fraction of sp³-hybridized carbons (Fsp3) is 1.00. The zero-order valence-corrected chi connectivity index (χ0v) is 8.84. The van der Waals surface area contributed by atoms with Crippen LogP contribution >= 0.6 is 12.4 Å². The Hall–Kier alpha value is 0.180. The lowest BCUT2D eigenvalue weighted by Crippen LogP contribution is -2.45. The highest BCUT2D eigenvalue weighted by atomic mass is 35.5. The van der Waals surface area contributed by atoms with E-state index in [1.165, 1.54) is 38.8 Å². The first-order valence-electron chi connectivity index (χ1n) is 5.11. The molecule has 1 aliphatic carbocycles. The molecule has 0 radical (unpaired) electrons. The van der Waals surface area contributed by atoms with Gasteiger partial charge in [-0.05, 0) is 56.5 Å². The Morgan fingerprint density at radius 2 is 1.85 bits per heavy atom. The summed E-state index contributed by atoms with van der Waals surface area (Å²) in [5.41, 5.74) is 0.644. The molecule has 3 heteroatoms. The molecule has 0 unspecified atom stereocenters. The van der Waals surface area contributed by atoms with Gasteiger partial charge in [-0.2, -0.15) is 0 Å². The van der Waals surface area contributed by atoms with Gasteiger partial charge in [0.05, 0.1) is 6.67 Å². The highest BCUT2D eigenvalue weighted by Gasteiger charge is 2.43. The van der Waals surface area contributed by atoms with Crippen molar-refractivity contribution >= 4 is 12.4 Å². The van der Waals surface area contributed by atoms with E-state index in [1.807, 2.05) is 0 Å². The Kier molecular flexibility index (Phi) is 3.99. The maximum absolute atomic E-state index is 12.0. The molecule has 1 N–H and O–H groups in total. The van der Waals surface area contributed by atoms with Crippen LogP contribution in [0, 0.1) is 11.3 Å². The Morgan fingerprint density at radius 1 is 1.23 bits per heavy atom. The molecule has 13 heavy (non-hydrogen) atoms. The van der Waals surface area contributed by atoms with E-state index in [0.717, 1.165) is 6.42 Å². The normalized spacial score (nSPS) is 26.5. The first kappa shape index (κ1) is 11.3. The Labute approximate surface area is 85.9 Å². The molecule has 78 valence electrons. The van der Waals surface area contributed by atoms with Crippen molar-refractivity contribution in [2.75, 3.05) is 19.8 Å². The maximum atomic E-state index is 12.0. The van der Waals surface area contributed by atoms with Gasteiger partial charge in [0.15, 0.2) is 0 Å². The monoisotopic (exact) mass is 207 g/mol. The molecule has 0 atom stereocenters. The van der Waals surface area contributed by atoms with E-state index >= 15 is 0 Å². The summed E-state index contributed by atoms with van der Waals surface area (Å²) in [5.74, 6) is 0.716. The van der Waals surface area contributed by atoms with Crippen LogP contribution in [-0.2, 0) is 0 Å². The minimum atomic E-state index is -0.112. The van der Waals surface area contributed by atoms with Crippen molar-refractivity contribution in [3.63, 3.8) is 0 Å². The van der Waals surface area contributed by atoms with E-state index in [4.69, 9.17) is 0 Å². The summed E-state index contributed by atoms with van der Waals surface area (Å²) < 4.78 is 12.0. The second-order valence-corrected chi connectivity index (χ2v) is 4.50. The van der Waals surface area contributed by atoms with Crippen LogP contribution in [0.15, 0.2) is 0 Å². The third kappa shape index (κ3) is 2.35. The largest absolute Gasteiger partial charge is 0.317 e. The van der Waals surface area contributed by atoms with Crippen LogP contribution in [0.5, 0.6) is 0 Å². The number of piperidine rings is 1. The van der Waals surface area contributed by atoms with Crippen LogP contribution in [0.1, 0.15) is 32.1 Å². The van der Waals surface area contributed by atoms with Gasteiger partial charge in [-0.15, -0.1) is 12.4 Å². The fourth-order valence-electron chi connectivity index (χ4n) is 2.89. The molecular formula is C10H19ClFN. The highest BCUT2D eigenvalue weighted by Crippen LogP contribution is 2.52. The van der Waals surface area contributed by atoms with Crippen LogP contribution in [0.4, 0.5) is 4.39 Å². The van der Waals surface area contributed by atoms with E-state index in [1.54, 1.807) is 0 Å². The quantitative estimate of drug-likeness (QED) is 0.734. The Bertz CT molecular complexity index is 149. The smallest absolute Gasteiger partial charge is 0.0897 e. The number of rotatable bonds is 2. The molecule has 2 aliphatic rings. The SMILES string of the molecule is Cl.FCCC1CC2(CCNCC2)C1. The van der Waals surface area contributed by atoms with Crippen molar-refractivity contribution in [3.8, 4) is 0 Å². The van der Waals surface area contributed by atoms with Crippen LogP contribution in [0.3, 0.4) is 0 Å². The lowest BCUT2D eigenvalue weighted by molar-refractivity contribution is 0.0145. The summed E-state index contributed by atoms with van der Waals surface area (Å²) in [4.78, 5) is 0. The summed E-state index contributed by atoms with van der Waals surface area (Å²) in [5, 5.41) is 3.38. The molecule has 2 rings (SSSR count). The summed E-state index contributed by atoms with van der Waals surface area (Å²) in [6.07, 6.45) is 6.08. The second-order valence-electron chi connectivity index (χ2n) is 4.50. The molecule has 1 saturated heterocycles. The zero-order valence-electron chi connectivity index (χ0n) is 8.02. The molecule has 2 fully saturated rings. The minimum absolute atomic E-state index is 0. The number of nitrogens with one attached hydrogen (secondary N) is 1. The van der Waals surface area contributed by atoms with Gasteiger partial charge < -0.3 is 5.32 Å². The van der Waals surface area contributed by atoms with Gasteiger partial charge in [-0.3, -0.25) is 4.39 Å². The van der Waals surface area contributed by atoms with Gasteiger partial charge in [0.25, 0.3) is 0 Å². The summed E-state index contributed by atoms with van der Waals surface area (Å²) in [6.45, 7) is 2.25. The van der Waals surface area contributed by atoms with Gasteiger partial charge in [-0.25, -0.2) is 0 Å². The topological polar surface area (TPSA) is 12.0 Å². The predicted octanol–water partition coefficient (Wildman–Crippen LogP) is 2.55. The lowest BCUT2D eigenvalue weighted by Gasteiger charge is -2.50. The van der Waals surface area contributed by atoms with E-state index in [-0.39, 0.29) is 19.1 Å². The molecule has 0 aromatic rings.